The molecule has 0 aliphatic carbocycles. The van der Waals surface area contributed by atoms with Crippen LogP contribution in [0.25, 0.3) is 0 Å². The molecule has 0 bridgehead atoms. The molecule has 0 heterocycles. The number of carbonyl (C=O) groups is 2. The standard InChI is InChI=1S/C15H30N2O3/c1-3-4-5-6-7-8-9-10-11-16-13(2)15(20)17-12-14(18)19/h13,16H,3-12H2,1-2H3,(H,17,20)(H,18,19)/t13-/m1/s1. The molecule has 5 heteroatoms. The van der Waals surface area contributed by atoms with Gasteiger partial charge < -0.3 is 15.7 Å². The summed E-state index contributed by atoms with van der Waals surface area (Å²) in [5.74, 6) is -1.28. The Morgan fingerprint density at radius 2 is 1.55 bits per heavy atom. The predicted octanol–water partition coefficient (Wildman–Crippen LogP) is 2.31. The summed E-state index contributed by atoms with van der Waals surface area (Å²) >= 11 is 0. The van der Waals surface area contributed by atoms with Crippen LogP contribution in [-0.4, -0.2) is 36.1 Å². The maximum atomic E-state index is 11.5. The molecular formula is C15H30N2O3. The van der Waals surface area contributed by atoms with Crippen molar-refractivity contribution in [1.82, 2.24) is 10.6 Å². The van der Waals surface area contributed by atoms with Crippen molar-refractivity contribution in [2.75, 3.05) is 13.1 Å². The molecule has 0 aromatic heterocycles. The third-order valence-electron chi connectivity index (χ3n) is 3.29. The molecule has 0 unspecified atom stereocenters. The molecular weight excluding hydrogens is 256 g/mol. The summed E-state index contributed by atoms with van der Waals surface area (Å²) in [5, 5.41) is 13.9. The molecule has 0 fully saturated rings. The van der Waals surface area contributed by atoms with E-state index in [1.165, 1.54) is 44.9 Å². The zero-order valence-electron chi connectivity index (χ0n) is 12.9. The zero-order valence-corrected chi connectivity index (χ0v) is 12.9. The predicted molar refractivity (Wildman–Crippen MR) is 80.7 cm³/mol. The zero-order chi connectivity index (χ0) is 15.2. The van der Waals surface area contributed by atoms with Crippen molar-refractivity contribution < 1.29 is 14.7 Å². The summed E-state index contributed by atoms with van der Waals surface area (Å²) in [5.41, 5.74) is 0. The van der Waals surface area contributed by atoms with Crippen molar-refractivity contribution in [1.29, 1.82) is 0 Å². The van der Waals surface area contributed by atoms with Crippen LogP contribution in [0.3, 0.4) is 0 Å². The SMILES string of the molecule is CCCCCCCCCCN[C@H](C)C(=O)NCC(=O)O. The van der Waals surface area contributed by atoms with E-state index in [-0.39, 0.29) is 18.5 Å². The van der Waals surface area contributed by atoms with E-state index >= 15 is 0 Å². The van der Waals surface area contributed by atoms with Gasteiger partial charge in [0.05, 0.1) is 6.04 Å². The molecule has 0 rings (SSSR count). The highest BCUT2D eigenvalue weighted by atomic mass is 16.4. The van der Waals surface area contributed by atoms with Crippen LogP contribution in [0.1, 0.15) is 65.2 Å². The molecule has 0 aliphatic rings. The highest BCUT2D eigenvalue weighted by molar-refractivity contribution is 5.84. The molecule has 0 saturated carbocycles. The van der Waals surface area contributed by atoms with Crippen LogP contribution in [0.15, 0.2) is 0 Å². The minimum atomic E-state index is -1.02. The van der Waals surface area contributed by atoms with E-state index in [0.29, 0.717) is 0 Å². The lowest BCUT2D eigenvalue weighted by molar-refractivity contribution is -0.138. The molecule has 118 valence electrons. The van der Waals surface area contributed by atoms with E-state index in [2.05, 4.69) is 17.6 Å². The third-order valence-corrected chi connectivity index (χ3v) is 3.29. The molecule has 1 amide bonds. The molecule has 0 aliphatic heterocycles. The summed E-state index contributed by atoms with van der Waals surface area (Å²) in [6, 6.07) is -0.334. The number of unbranched alkanes of at least 4 members (excludes halogenated alkanes) is 7. The lowest BCUT2D eigenvalue weighted by Crippen LogP contribution is -2.44. The largest absolute Gasteiger partial charge is 0.480 e. The Kier molecular flexibility index (Phi) is 12.2. The van der Waals surface area contributed by atoms with Crippen molar-refractivity contribution >= 4 is 11.9 Å². The maximum Gasteiger partial charge on any atom is 0.322 e. The minimum absolute atomic E-state index is 0.257. The fourth-order valence-corrected chi connectivity index (χ4v) is 1.99. The molecule has 0 saturated heterocycles. The quantitative estimate of drug-likeness (QED) is 0.454. The number of rotatable bonds is 13. The Morgan fingerprint density at radius 3 is 2.10 bits per heavy atom. The van der Waals surface area contributed by atoms with Gasteiger partial charge in [0.25, 0.3) is 0 Å². The Morgan fingerprint density at radius 1 is 1.00 bits per heavy atom. The van der Waals surface area contributed by atoms with Gasteiger partial charge in [-0.25, -0.2) is 0 Å². The van der Waals surface area contributed by atoms with E-state index in [4.69, 9.17) is 5.11 Å². The lowest BCUT2D eigenvalue weighted by Gasteiger charge is -2.13. The Balaban J connectivity index is 3.36. The van der Waals surface area contributed by atoms with Crippen LogP contribution in [0.4, 0.5) is 0 Å². The van der Waals surface area contributed by atoms with Gasteiger partial charge in [-0.15, -0.1) is 0 Å². The van der Waals surface area contributed by atoms with Crippen molar-refractivity contribution in [3.8, 4) is 0 Å². The van der Waals surface area contributed by atoms with Gasteiger partial charge in [-0.1, -0.05) is 51.9 Å². The number of hydrogen-bond donors (Lipinski definition) is 3. The monoisotopic (exact) mass is 286 g/mol. The van der Waals surface area contributed by atoms with Gasteiger partial charge in [-0.05, 0) is 19.9 Å². The van der Waals surface area contributed by atoms with Crippen molar-refractivity contribution in [3.63, 3.8) is 0 Å². The van der Waals surface area contributed by atoms with E-state index in [1.807, 2.05) is 0 Å². The Bertz CT molecular complexity index is 270. The molecule has 3 N–H and O–H groups in total. The first kappa shape index (κ1) is 18.9. The van der Waals surface area contributed by atoms with E-state index in [0.717, 1.165) is 13.0 Å². The molecule has 0 spiro atoms. The minimum Gasteiger partial charge on any atom is -0.480 e. The first-order valence-electron chi connectivity index (χ1n) is 7.80. The van der Waals surface area contributed by atoms with Crippen molar-refractivity contribution in [2.24, 2.45) is 0 Å². The highest BCUT2D eigenvalue weighted by Gasteiger charge is 2.11. The molecule has 0 aromatic carbocycles. The molecule has 0 radical (unpaired) electrons. The summed E-state index contributed by atoms with van der Waals surface area (Å²) in [7, 11) is 0. The summed E-state index contributed by atoms with van der Waals surface area (Å²) in [6.07, 6.45) is 10.1. The lowest BCUT2D eigenvalue weighted by atomic mass is 10.1. The second-order valence-corrected chi connectivity index (χ2v) is 5.26. The number of aliphatic carboxylic acids is 1. The van der Waals surface area contributed by atoms with E-state index in [9.17, 15) is 9.59 Å². The molecule has 0 aromatic rings. The van der Waals surface area contributed by atoms with Gasteiger partial charge in [0.1, 0.15) is 6.54 Å². The van der Waals surface area contributed by atoms with Crippen LogP contribution < -0.4 is 10.6 Å². The van der Waals surface area contributed by atoms with Gasteiger partial charge in [0.15, 0.2) is 0 Å². The van der Waals surface area contributed by atoms with Gasteiger partial charge in [-0.3, -0.25) is 9.59 Å². The van der Waals surface area contributed by atoms with Gasteiger partial charge in [0, 0.05) is 0 Å². The summed E-state index contributed by atoms with van der Waals surface area (Å²) in [6.45, 7) is 4.46. The first-order valence-corrected chi connectivity index (χ1v) is 7.80. The van der Waals surface area contributed by atoms with Crippen LogP contribution >= 0.6 is 0 Å². The molecule has 20 heavy (non-hydrogen) atoms. The van der Waals surface area contributed by atoms with Crippen LogP contribution in [0.2, 0.25) is 0 Å². The van der Waals surface area contributed by atoms with E-state index in [1.54, 1.807) is 6.92 Å². The van der Waals surface area contributed by atoms with Crippen LogP contribution in [0.5, 0.6) is 0 Å². The highest BCUT2D eigenvalue weighted by Crippen LogP contribution is 2.07. The van der Waals surface area contributed by atoms with E-state index < -0.39 is 5.97 Å². The smallest absolute Gasteiger partial charge is 0.322 e. The number of nitrogens with one attached hydrogen (secondary N) is 2. The number of hydrogen-bond acceptors (Lipinski definition) is 3. The summed E-state index contributed by atoms with van der Waals surface area (Å²) in [4.78, 5) is 21.8. The normalized spacial score (nSPS) is 12.1. The van der Waals surface area contributed by atoms with Gasteiger partial charge in [-0.2, -0.15) is 0 Å². The summed E-state index contributed by atoms with van der Waals surface area (Å²) < 4.78 is 0. The number of carboxylic acids is 1. The average molecular weight is 286 g/mol. The molecule has 5 nitrogen and oxygen atoms in total. The second kappa shape index (κ2) is 12.9. The topological polar surface area (TPSA) is 78.4 Å². The van der Waals surface area contributed by atoms with Crippen LogP contribution in [-0.2, 0) is 9.59 Å². The van der Waals surface area contributed by atoms with Gasteiger partial charge >= 0.3 is 5.97 Å². The second-order valence-electron chi connectivity index (χ2n) is 5.26. The molecule has 1 atom stereocenters. The third kappa shape index (κ3) is 12.0. The maximum absolute atomic E-state index is 11.5. The fourth-order valence-electron chi connectivity index (χ4n) is 1.99. The van der Waals surface area contributed by atoms with Crippen LogP contribution in [0, 0.1) is 0 Å². The number of amides is 1. The van der Waals surface area contributed by atoms with Crippen molar-refractivity contribution in [3.05, 3.63) is 0 Å². The number of carbonyl (C=O) groups excluding carboxylic acids is 1. The Labute approximate surface area is 122 Å². The average Bonchev–Trinajstić information content (AvgIpc) is 2.42. The van der Waals surface area contributed by atoms with Gasteiger partial charge in [0.2, 0.25) is 5.91 Å². The first-order chi connectivity index (χ1) is 9.57. The fraction of sp³-hybridized carbons (Fsp3) is 0.867. The Hall–Kier alpha value is -1.10. The van der Waals surface area contributed by atoms with Crippen molar-refractivity contribution in [2.45, 2.75) is 71.3 Å². The number of carboxylic acid groups (broad SMARTS) is 1.